The summed E-state index contributed by atoms with van der Waals surface area (Å²) >= 11 is 11.9. The number of para-hydroxylation sites is 1. The number of benzene rings is 2. The van der Waals surface area contributed by atoms with E-state index in [-0.39, 0.29) is 18.8 Å². The highest BCUT2D eigenvalue weighted by Crippen LogP contribution is 2.41. The monoisotopic (exact) mass is 380 g/mol. The van der Waals surface area contributed by atoms with Gasteiger partial charge in [-0.25, -0.2) is 4.79 Å². The Hall–Kier alpha value is -1.91. The average Bonchev–Trinajstić information content (AvgIpc) is 2.86. The molecule has 0 fully saturated rings. The van der Waals surface area contributed by atoms with Crippen LogP contribution in [0, 0.1) is 0 Å². The largest absolute Gasteiger partial charge is 0.483 e. The van der Waals surface area contributed by atoms with Crippen molar-refractivity contribution in [2.75, 3.05) is 6.61 Å². The molecule has 1 aliphatic heterocycles. The second-order valence-corrected chi connectivity index (χ2v) is 7.31. The van der Waals surface area contributed by atoms with E-state index >= 15 is 0 Å². The first-order valence-corrected chi connectivity index (χ1v) is 8.63. The number of rotatable bonds is 5. The molecule has 0 N–H and O–H groups in total. The minimum absolute atomic E-state index is 0.0641. The van der Waals surface area contributed by atoms with Gasteiger partial charge < -0.3 is 14.2 Å². The average molecular weight is 381 g/mol. The van der Waals surface area contributed by atoms with Crippen LogP contribution in [-0.2, 0) is 22.6 Å². The number of ether oxygens (including phenoxy) is 3. The number of hydrogen-bond acceptors (Lipinski definition) is 4. The van der Waals surface area contributed by atoms with Crippen molar-refractivity contribution in [3.05, 3.63) is 57.6 Å². The summed E-state index contributed by atoms with van der Waals surface area (Å²) in [5.74, 6) is 0.756. The van der Waals surface area contributed by atoms with Crippen molar-refractivity contribution in [3.8, 4) is 11.5 Å². The summed E-state index contributed by atoms with van der Waals surface area (Å²) in [6, 6.07) is 10.7. The van der Waals surface area contributed by atoms with Crippen molar-refractivity contribution in [2.45, 2.75) is 32.5 Å². The van der Waals surface area contributed by atoms with Gasteiger partial charge in [0.1, 0.15) is 12.2 Å². The summed E-state index contributed by atoms with van der Waals surface area (Å²) in [5.41, 5.74) is 1.49. The van der Waals surface area contributed by atoms with Gasteiger partial charge in [-0.05, 0) is 32.0 Å². The molecule has 25 heavy (non-hydrogen) atoms. The molecule has 1 aliphatic rings. The number of halogens is 2. The van der Waals surface area contributed by atoms with E-state index in [4.69, 9.17) is 37.4 Å². The highest BCUT2D eigenvalue weighted by molar-refractivity contribution is 6.35. The van der Waals surface area contributed by atoms with E-state index < -0.39 is 5.97 Å². The molecule has 3 rings (SSSR count). The number of carbonyl (C=O) groups is 1. The standard InChI is InChI=1S/C19H18Cl2O4/c1-19(2)9-12-4-3-5-16(18(12)25-19)23-11-17(22)24-10-13-6-7-14(20)8-15(13)21/h3-8H,9-11H2,1-2H3. The lowest BCUT2D eigenvalue weighted by Gasteiger charge is -2.18. The number of hydrogen-bond donors (Lipinski definition) is 0. The molecule has 0 aromatic heterocycles. The maximum absolute atomic E-state index is 11.9. The van der Waals surface area contributed by atoms with Gasteiger partial charge in [-0.3, -0.25) is 0 Å². The summed E-state index contributed by atoms with van der Waals surface area (Å²) in [7, 11) is 0. The van der Waals surface area contributed by atoms with Crippen molar-refractivity contribution in [2.24, 2.45) is 0 Å². The summed E-state index contributed by atoms with van der Waals surface area (Å²) in [4.78, 5) is 11.9. The van der Waals surface area contributed by atoms with Gasteiger partial charge in [0.25, 0.3) is 0 Å². The predicted octanol–water partition coefficient (Wildman–Crippen LogP) is 4.83. The Morgan fingerprint density at radius 3 is 2.80 bits per heavy atom. The lowest BCUT2D eigenvalue weighted by Crippen LogP contribution is -2.24. The fraction of sp³-hybridized carbons (Fsp3) is 0.316. The van der Waals surface area contributed by atoms with E-state index in [1.54, 1.807) is 24.3 Å². The van der Waals surface area contributed by atoms with Crippen LogP contribution in [0.15, 0.2) is 36.4 Å². The zero-order chi connectivity index (χ0) is 18.0. The number of esters is 1. The van der Waals surface area contributed by atoms with Crippen LogP contribution >= 0.6 is 23.2 Å². The van der Waals surface area contributed by atoms with Crippen LogP contribution in [0.4, 0.5) is 0 Å². The second-order valence-electron chi connectivity index (χ2n) is 6.47. The first kappa shape index (κ1) is 17.9. The van der Waals surface area contributed by atoms with Crippen molar-refractivity contribution in [1.29, 1.82) is 0 Å². The second kappa shape index (κ2) is 7.14. The zero-order valence-corrected chi connectivity index (χ0v) is 15.5. The molecule has 1 heterocycles. The molecule has 0 atom stereocenters. The Bertz CT molecular complexity index is 802. The summed E-state index contributed by atoms with van der Waals surface area (Å²) in [6.07, 6.45) is 0.805. The Morgan fingerprint density at radius 1 is 1.24 bits per heavy atom. The van der Waals surface area contributed by atoms with Crippen LogP contribution in [0.3, 0.4) is 0 Å². The van der Waals surface area contributed by atoms with E-state index in [1.807, 2.05) is 26.0 Å². The van der Waals surface area contributed by atoms with Gasteiger partial charge in [0, 0.05) is 27.6 Å². The lowest BCUT2D eigenvalue weighted by molar-refractivity contribution is -0.147. The molecule has 0 saturated heterocycles. The fourth-order valence-corrected chi connectivity index (χ4v) is 3.14. The smallest absolute Gasteiger partial charge is 0.344 e. The Morgan fingerprint density at radius 2 is 2.04 bits per heavy atom. The highest BCUT2D eigenvalue weighted by atomic mass is 35.5. The summed E-state index contributed by atoms with van der Waals surface area (Å²) in [6.45, 7) is 3.89. The zero-order valence-electron chi connectivity index (χ0n) is 14.0. The molecule has 0 aliphatic carbocycles. The van der Waals surface area contributed by atoms with E-state index in [0.717, 1.165) is 12.0 Å². The van der Waals surface area contributed by atoms with Crippen LogP contribution < -0.4 is 9.47 Å². The molecule has 0 radical (unpaired) electrons. The Labute approximate surface area is 156 Å². The van der Waals surface area contributed by atoms with E-state index in [0.29, 0.717) is 27.1 Å². The molecule has 6 heteroatoms. The molecule has 132 valence electrons. The molecule has 2 aromatic carbocycles. The summed E-state index contributed by atoms with van der Waals surface area (Å²) < 4.78 is 16.7. The maximum Gasteiger partial charge on any atom is 0.344 e. The molecular formula is C19H18Cl2O4. The molecule has 0 amide bonds. The van der Waals surface area contributed by atoms with Crippen LogP contribution in [-0.4, -0.2) is 18.2 Å². The van der Waals surface area contributed by atoms with Crippen LogP contribution in [0.2, 0.25) is 10.0 Å². The third kappa shape index (κ3) is 4.39. The molecule has 0 spiro atoms. The summed E-state index contributed by atoms with van der Waals surface area (Å²) in [5, 5.41) is 0.988. The predicted molar refractivity (Wildman–Crippen MR) is 96.6 cm³/mol. The first-order chi connectivity index (χ1) is 11.8. The Balaban J connectivity index is 1.56. The molecular weight excluding hydrogens is 363 g/mol. The third-order valence-electron chi connectivity index (χ3n) is 3.80. The van der Waals surface area contributed by atoms with Crippen molar-refractivity contribution < 1.29 is 19.0 Å². The van der Waals surface area contributed by atoms with E-state index in [2.05, 4.69) is 0 Å². The van der Waals surface area contributed by atoms with E-state index in [1.165, 1.54) is 0 Å². The molecule has 2 aromatic rings. The van der Waals surface area contributed by atoms with Crippen LogP contribution in [0.5, 0.6) is 11.5 Å². The topological polar surface area (TPSA) is 44.8 Å². The number of fused-ring (bicyclic) bond motifs is 1. The van der Waals surface area contributed by atoms with Gasteiger partial charge in [-0.1, -0.05) is 41.4 Å². The quantitative estimate of drug-likeness (QED) is 0.696. The van der Waals surface area contributed by atoms with Crippen molar-refractivity contribution >= 4 is 29.2 Å². The molecule has 4 nitrogen and oxygen atoms in total. The molecule has 0 unspecified atom stereocenters. The lowest BCUT2D eigenvalue weighted by atomic mass is 10.0. The van der Waals surface area contributed by atoms with Gasteiger partial charge in [0.05, 0.1) is 0 Å². The maximum atomic E-state index is 11.9. The first-order valence-electron chi connectivity index (χ1n) is 7.87. The fourth-order valence-electron chi connectivity index (χ4n) is 2.68. The van der Waals surface area contributed by atoms with Gasteiger partial charge in [0.2, 0.25) is 0 Å². The van der Waals surface area contributed by atoms with Gasteiger partial charge in [0.15, 0.2) is 18.1 Å². The normalized spacial score (nSPS) is 14.6. The van der Waals surface area contributed by atoms with Crippen molar-refractivity contribution in [3.63, 3.8) is 0 Å². The highest BCUT2D eigenvalue weighted by Gasteiger charge is 2.32. The van der Waals surface area contributed by atoms with Crippen LogP contribution in [0.25, 0.3) is 0 Å². The number of carbonyl (C=O) groups excluding carboxylic acids is 1. The minimum atomic E-state index is -0.485. The minimum Gasteiger partial charge on any atom is -0.483 e. The molecule has 0 saturated carbocycles. The van der Waals surface area contributed by atoms with Gasteiger partial charge in [-0.15, -0.1) is 0 Å². The van der Waals surface area contributed by atoms with Crippen molar-refractivity contribution in [1.82, 2.24) is 0 Å². The van der Waals surface area contributed by atoms with Gasteiger partial charge >= 0.3 is 5.97 Å². The SMILES string of the molecule is CC1(C)Cc2cccc(OCC(=O)OCc3ccc(Cl)cc3Cl)c2O1. The van der Waals surface area contributed by atoms with Crippen LogP contribution in [0.1, 0.15) is 25.0 Å². The molecule has 0 bridgehead atoms. The third-order valence-corrected chi connectivity index (χ3v) is 4.39. The van der Waals surface area contributed by atoms with Gasteiger partial charge in [-0.2, -0.15) is 0 Å². The Kier molecular flexibility index (Phi) is 5.11. The van der Waals surface area contributed by atoms with E-state index in [9.17, 15) is 4.79 Å².